The van der Waals surface area contributed by atoms with Gasteiger partial charge < -0.3 is 5.11 Å². The molecule has 3 atom stereocenters. The monoisotopic (exact) mass is 459 g/mol. The molecular formula is C20H18BrN3O3S. The Hall–Kier alpha value is -2.19. The molecule has 4 rings (SSSR count). The first kappa shape index (κ1) is 19.1. The van der Waals surface area contributed by atoms with E-state index < -0.39 is 11.9 Å². The van der Waals surface area contributed by atoms with E-state index in [2.05, 4.69) is 26.2 Å². The molecule has 1 heterocycles. The van der Waals surface area contributed by atoms with Gasteiger partial charge in [0.15, 0.2) is 0 Å². The number of carboxylic acid groups (broad SMARTS) is 1. The summed E-state index contributed by atoms with van der Waals surface area (Å²) in [5, 5.41) is 18.5. The second-order valence-electron chi connectivity index (χ2n) is 6.91. The quantitative estimate of drug-likeness (QED) is 0.623. The number of aliphatic carboxylic acids is 1. The minimum Gasteiger partial charge on any atom is -0.481 e. The van der Waals surface area contributed by atoms with Crippen LogP contribution in [0.1, 0.15) is 12.8 Å². The molecule has 1 aliphatic rings. The van der Waals surface area contributed by atoms with E-state index in [4.69, 9.17) is 0 Å². The van der Waals surface area contributed by atoms with Crippen molar-refractivity contribution >= 4 is 44.6 Å². The Morgan fingerprint density at radius 2 is 1.93 bits per heavy atom. The van der Waals surface area contributed by atoms with Gasteiger partial charge in [0.1, 0.15) is 5.52 Å². The molecule has 1 aromatic heterocycles. The van der Waals surface area contributed by atoms with E-state index in [9.17, 15) is 14.7 Å². The Bertz CT molecular complexity index is 1070. The number of benzene rings is 2. The van der Waals surface area contributed by atoms with Crippen LogP contribution in [0.4, 0.5) is 0 Å². The van der Waals surface area contributed by atoms with Gasteiger partial charge >= 0.3 is 5.97 Å². The maximum atomic E-state index is 12.7. The smallest absolute Gasteiger partial charge is 0.307 e. The molecule has 0 unspecified atom stereocenters. The van der Waals surface area contributed by atoms with Crippen molar-refractivity contribution in [3.05, 3.63) is 63.4 Å². The number of rotatable bonds is 5. The van der Waals surface area contributed by atoms with Crippen molar-refractivity contribution in [2.45, 2.75) is 29.5 Å². The van der Waals surface area contributed by atoms with Gasteiger partial charge in [-0.05, 0) is 55.2 Å². The van der Waals surface area contributed by atoms with Crippen molar-refractivity contribution in [3.8, 4) is 0 Å². The zero-order valence-electron chi connectivity index (χ0n) is 14.9. The van der Waals surface area contributed by atoms with Gasteiger partial charge in [-0.2, -0.15) is 0 Å². The van der Waals surface area contributed by atoms with E-state index in [1.807, 2.05) is 30.3 Å². The average molecular weight is 460 g/mol. The van der Waals surface area contributed by atoms with Crippen LogP contribution in [0.15, 0.2) is 62.7 Å². The van der Waals surface area contributed by atoms with E-state index in [0.29, 0.717) is 10.9 Å². The Balaban J connectivity index is 1.56. The lowest BCUT2D eigenvalue weighted by Gasteiger charge is -2.21. The van der Waals surface area contributed by atoms with Crippen LogP contribution >= 0.6 is 27.7 Å². The standard InChI is InChI=1S/C20H18BrN3O3S/c21-13-6-8-14(9-7-13)28-17-10-5-12(18(17)20(26)27)11-24-19(25)15-3-1-2-4-16(15)22-23-24/h1-4,6-9,12,17-18H,5,10-11H2,(H,26,27)/t12-,17-,18-/m1/s1. The van der Waals surface area contributed by atoms with Crippen molar-refractivity contribution < 1.29 is 9.90 Å². The molecule has 0 saturated heterocycles. The highest BCUT2D eigenvalue weighted by Crippen LogP contribution is 2.43. The van der Waals surface area contributed by atoms with Crippen LogP contribution in [0.25, 0.3) is 10.9 Å². The van der Waals surface area contributed by atoms with Gasteiger partial charge in [-0.25, -0.2) is 4.68 Å². The van der Waals surface area contributed by atoms with Crippen molar-refractivity contribution in [1.82, 2.24) is 15.0 Å². The molecule has 1 fully saturated rings. The van der Waals surface area contributed by atoms with Gasteiger partial charge in [-0.1, -0.05) is 33.3 Å². The van der Waals surface area contributed by atoms with Crippen molar-refractivity contribution in [3.63, 3.8) is 0 Å². The number of fused-ring (bicyclic) bond motifs is 1. The van der Waals surface area contributed by atoms with Gasteiger partial charge in [-0.15, -0.1) is 16.9 Å². The molecule has 1 saturated carbocycles. The van der Waals surface area contributed by atoms with E-state index in [0.717, 1.165) is 22.2 Å². The highest BCUT2D eigenvalue weighted by Gasteiger charge is 2.42. The number of carbonyl (C=O) groups is 1. The molecule has 0 spiro atoms. The third-order valence-corrected chi connectivity index (χ3v) is 7.06. The van der Waals surface area contributed by atoms with Gasteiger partial charge in [0.2, 0.25) is 0 Å². The minimum atomic E-state index is -0.820. The number of thioether (sulfide) groups is 1. The number of carboxylic acids is 1. The van der Waals surface area contributed by atoms with Crippen molar-refractivity contribution in [2.24, 2.45) is 11.8 Å². The van der Waals surface area contributed by atoms with Crippen LogP contribution in [-0.2, 0) is 11.3 Å². The first-order chi connectivity index (χ1) is 13.5. The Morgan fingerprint density at radius 3 is 2.68 bits per heavy atom. The molecule has 0 aliphatic heterocycles. The molecule has 2 aromatic carbocycles. The van der Waals surface area contributed by atoms with Crippen LogP contribution in [-0.4, -0.2) is 31.3 Å². The van der Waals surface area contributed by atoms with E-state index in [1.54, 1.807) is 30.0 Å². The van der Waals surface area contributed by atoms with Crippen molar-refractivity contribution in [2.75, 3.05) is 0 Å². The summed E-state index contributed by atoms with van der Waals surface area (Å²) in [6, 6.07) is 14.9. The predicted molar refractivity (Wildman–Crippen MR) is 111 cm³/mol. The summed E-state index contributed by atoms with van der Waals surface area (Å²) in [5.41, 5.74) is 0.326. The van der Waals surface area contributed by atoms with E-state index in [1.165, 1.54) is 4.68 Å². The molecule has 1 N–H and O–H groups in total. The second-order valence-corrected chi connectivity index (χ2v) is 9.13. The van der Waals surface area contributed by atoms with E-state index >= 15 is 0 Å². The Labute approximate surface area is 174 Å². The molecule has 0 amide bonds. The summed E-state index contributed by atoms with van der Waals surface area (Å²) in [6.45, 7) is 0.269. The fourth-order valence-corrected chi connectivity index (χ4v) is 5.44. The number of halogens is 1. The highest BCUT2D eigenvalue weighted by atomic mass is 79.9. The summed E-state index contributed by atoms with van der Waals surface area (Å²) in [5.74, 6) is -1.51. The van der Waals surface area contributed by atoms with Gasteiger partial charge in [0.05, 0.1) is 17.8 Å². The SMILES string of the molecule is O=C(O)[C@@H]1[C@@H](Cn2nnc3ccccc3c2=O)CC[C@H]1Sc1ccc(Br)cc1. The van der Waals surface area contributed by atoms with Crippen LogP contribution in [0.3, 0.4) is 0 Å². The summed E-state index contributed by atoms with van der Waals surface area (Å²) in [4.78, 5) is 25.8. The molecule has 3 aromatic rings. The predicted octanol–water partition coefficient (Wildman–Crippen LogP) is 3.83. The molecular weight excluding hydrogens is 442 g/mol. The largest absolute Gasteiger partial charge is 0.481 e. The molecule has 1 aliphatic carbocycles. The lowest BCUT2D eigenvalue weighted by Crippen LogP contribution is -2.33. The minimum absolute atomic E-state index is 0.0345. The van der Waals surface area contributed by atoms with Crippen molar-refractivity contribution in [1.29, 1.82) is 0 Å². The zero-order chi connectivity index (χ0) is 19.7. The maximum Gasteiger partial charge on any atom is 0.307 e. The molecule has 28 heavy (non-hydrogen) atoms. The average Bonchev–Trinajstić information content (AvgIpc) is 3.08. The number of hydrogen-bond donors (Lipinski definition) is 1. The lowest BCUT2D eigenvalue weighted by molar-refractivity contribution is -0.142. The number of hydrogen-bond acceptors (Lipinski definition) is 5. The van der Waals surface area contributed by atoms with Crippen LogP contribution < -0.4 is 5.56 Å². The third-order valence-electron chi connectivity index (χ3n) is 5.15. The zero-order valence-corrected chi connectivity index (χ0v) is 17.3. The summed E-state index contributed by atoms with van der Waals surface area (Å²) in [7, 11) is 0. The van der Waals surface area contributed by atoms with Crippen LogP contribution in [0, 0.1) is 11.8 Å². The topological polar surface area (TPSA) is 85.1 Å². The molecule has 6 nitrogen and oxygen atoms in total. The lowest BCUT2D eigenvalue weighted by atomic mass is 9.96. The Morgan fingerprint density at radius 1 is 1.18 bits per heavy atom. The normalized spacial score (nSPS) is 21.8. The second kappa shape index (κ2) is 8.05. The molecule has 0 radical (unpaired) electrons. The summed E-state index contributed by atoms with van der Waals surface area (Å²) >= 11 is 5.01. The number of aromatic nitrogens is 3. The van der Waals surface area contributed by atoms with Gasteiger partial charge in [0.25, 0.3) is 5.56 Å². The first-order valence-corrected chi connectivity index (χ1v) is 10.7. The van der Waals surface area contributed by atoms with Crippen LogP contribution in [0.5, 0.6) is 0 Å². The molecule has 144 valence electrons. The first-order valence-electron chi connectivity index (χ1n) is 9.00. The van der Waals surface area contributed by atoms with Crippen LogP contribution in [0.2, 0.25) is 0 Å². The maximum absolute atomic E-state index is 12.7. The molecule has 0 bridgehead atoms. The van der Waals surface area contributed by atoms with E-state index in [-0.39, 0.29) is 23.3 Å². The van der Waals surface area contributed by atoms with Gasteiger partial charge in [0, 0.05) is 14.6 Å². The third kappa shape index (κ3) is 3.84. The molecule has 8 heteroatoms. The Kier molecular flexibility index (Phi) is 5.50. The van der Waals surface area contributed by atoms with Gasteiger partial charge in [-0.3, -0.25) is 9.59 Å². The summed E-state index contributed by atoms with van der Waals surface area (Å²) in [6.07, 6.45) is 1.53. The highest BCUT2D eigenvalue weighted by molar-refractivity contribution is 9.10. The fraction of sp³-hybridized carbons (Fsp3) is 0.300. The fourth-order valence-electron chi connectivity index (χ4n) is 3.79. The summed E-state index contributed by atoms with van der Waals surface area (Å²) < 4.78 is 2.31. The number of nitrogens with zero attached hydrogens (tertiary/aromatic N) is 3.